The van der Waals surface area contributed by atoms with Crippen molar-refractivity contribution in [3.63, 3.8) is 0 Å². The summed E-state index contributed by atoms with van der Waals surface area (Å²) in [6, 6.07) is 20.5. The second kappa shape index (κ2) is 13.2. The van der Waals surface area contributed by atoms with Gasteiger partial charge >= 0.3 is 0 Å². The molecule has 0 heterocycles. The first-order valence-corrected chi connectivity index (χ1v) is 14.8. The summed E-state index contributed by atoms with van der Waals surface area (Å²) in [5, 5.41) is 3.39. The Hall–Kier alpha value is -3.56. The lowest BCUT2D eigenvalue weighted by Gasteiger charge is -2.33. The fraction of sp³-hybridized carbons (Fsp3) is 0.333. The lowest BCUT2D eigenvalue weighted by atomic mass is 10.1. The first-order valence-electron chi connectivity index (χ1n) is 13.0. The largest absolute Gasteiger partial charge is 0.494 e. The third kappa shape index (κ3) is 8.22. The molecule has 0 saturated heterocycles. The number of amides is 2. The normalized spacial score (nSPS) is 12.3. The van der Waals surface area contributed by atoms with E-state index in [1.54, 1.807) is 73.7 Å². The molecule has 0 fully saturated rings. The first kappa shape index (κ1) is 31.0. The summed E-state index contributed by atoms with van der Waals surface area (Å²) < 4.78 is 34.2. The van der Waals surface area contributed by atoms with Crippen molar-refractivity contribution in [2.45, 2.75) is 57.6 Å². The van der Waals surface area contributed by atoms with Crippen LogP contribution in [0, 0.1) is 0 Å². The number of nitrogens with one attached hydrogen (secondary N) is 1. The molecule has 8 nitrogen and oxygen atoms in total. The van der Waals surface area contributed by atoms with Gasteiger partial charge in [-0.1, -0.05) is 41.9 Å². The highest BCUT2D eigenvalue weighted by atomic mass is 35.5. The number of benzene rings is 3. The number of halogens is 1. The number of carbonyl (C=O) groups excluding carboxylic acids is 2. The number of sulfonamides is 1. The van der Waals surface area contributed by atoms with E-state index in [4.69, 9.17) is 16.3 Å². The number of rotatable bonds is 11. The fourth-order valence-electron chi connectivity index (χ4n) is 4.01. The molecule has 0 unspecified atom stereocenters. The van der Waals surface area contributed by atoms with Crippen LogP contribution < -0.4 is 14.4 Å². The molecule has 2 amide bonds. The molecule has 214 valence electrons. The Bertz CT molecular complexity index is 1410. The number of carbonyl (C=O) groups is 2. The summed E-state index contributed by atoms with van der Waals surface area (Å²) in [4.78, 5) is 28.5. The Morgan fingerprint density at radius 2 is 1.62 bits per heavy atom. The maximum absolute atomic E-state index is 14.0. The Balaban J connectivity index is 2.03. The van der Waals surface area contributed by atoms with Crippen LogP contribution in [0.2, 0.25) is 5.02 Å². The van der Waals surface area contributed by atoms with Gasteiger partial charge in [0.2, 0.25) is 11.8 Å². The smallest absolute Gasteiger partial charge is 0.264 e. The number of hydrogen-bond donors (Lipinski definition) is 1. The zero-order chi connectivity index (χ0) is 29.5. The first-order chi connectivity index (χ1) is 18.8. The Kier molecular flexibility index (Phi) is 10.2. The van der Waals surface area contributed by atoms with Gasteiger partial charge in [-0.3, -0.25) is 13.9 Å². The van der Waals surface area contributed by atoms with Crippen LogP contribution in [0.25, 0.3) is 0 Å². The molecule has 1 atom stereocenters. The zero-order valence-electron chi connectivity index (χ0n) is 23.4. The molecule has 0 aliphatic carbocycles. The topological polar surface area (TPSA) is 96.0 Å². The summed E-state index contributed by atoms with van der Waals surface area (Å²) >= 11 is 6.18. The van der Waals surface area contributed by atoms with E-state index in [9.17, 15) is 18.0 Å². The third-order valence-corrected chi connectivity index (χ3v) is 7.98. The molecule has 0 radical (unpaired) electrons. The standard InChI is InChI=1S/C30H36ClN3O5S/c1-6-39-26-17-15-25(16-18-26)34(40(37,38)27-13-8-7-9-14-27)21-28(35)33(20-23-11-10-12-24(31)19-23)22(2)29(36)32-30(3,4)5/h7-19,22H,6,20-21H2,1-5H3,(H,32,36)/t22-/m1/s1. The van der Waals surface area contributed by atoms with Gasteiger partial charge in [0.1, 0.15) is 18.3 Å². The molecule has 0 spiro atoms. The molecule has 0 bridgehead atoms. The van der Waals surface area contributed by atoms with E-state index in [1.165, 1.54) is 17.0 Å². The summed E-state index contributed by atoms with van der Waals surface area (Å²) in [6.07, 6.45) is 0. The van der Waals surface area contributed by atoms with E-state index < -0.39 is 34.1 Å². The van der Waals surface area contributed by atoms with Crippen molar-refractivity contribution in [2.24, 2.45) is 0 Å². The van der Waals surface area contributed by atoms with Crippen LogP contribution in [0.1, 0.15) is 40.2 Å². The lowest BCUT2D eigenvalue weighted by molar-refractivity contribution is -0.140. The van der Waals surface area contributed by atoms with Crippen LogP contribution in [0.5, 0.6) is 5.75 Å². The number of anilines is 1. The predicted molar refractivity (Wildman–Crippen MR) is 158 cm³/mol. The van der Waals surface area contributed by atoms with Gasteiger partial charge in [-0.05, 0) is 88.7 Å². The average molecular weight is 586 g/mol. The quantitative estimate of drug-likeness (QED) is 0.331. The molecule has 0 aromatic heterocycles. The van der Waals surface area contributed by atoms with Gasteiger partial charge in [-0.2, -0.15) is 0 Å². The third-order valence-electron chi connectivity index (χ3n) is 5.95. The molecule has 3 rings (SSSR count). The summed E-state index contributed by atoms with van der Waals surface area (Å²) in [7, 11) is -4.14. The van der Waals surface area contributed by atoms with E-state index >= 15 is 0 Å². The van der Waals surface area contributed by atoms with Gasteiger partial charge < -0.3 is 15.0 Å². The van der Waals surface area contributed by atoms with Gasteiger partial charge in [0.05, 0.1) is 17.2 Å². The Morgan fingerprint density at radius 1 is 0.975 bits per heavy atom. The van der Waals surface area contributed by atoms with Gasteiger partial charge in [0.15, 0.2) is 0 Å². The monoisotopic (exact) mass is 585 g/mol. The second-order valence-corrected chi connectivity index (χ2v) is 12.6. The minimum absolute atomic E-state index is 0.0385. The predicted octanol–water partition coefficient (Wildman–Crippen LogP) is 5.27. The van der Waals surface area contributed by atoms with Crippen molar-refractivity contribution in [3.8, 4) is 5.75 Å². The van der Waals surface area contributed by atoms with Crippen LogP contribution >= 0.6 is 11.6 Å². The maximum atomic E-state index is 14.0. The van der Waals surface area contributed by atoms with Crippen molar-refractivity contribution in [2.75, 3.05) is 17.5 Å². The Morgan fingerprint density at radius 3 is 2.20 bits per heavy atom. The minimum Gasteiger partial charge on any atom is -0.494 e. The summed E-state index contributed by atoms with van der Waals surface area (Å²) in [5.74, 6) is -0.337. The molecule has 10 heteroatoms. The van der Waals surface area contributed by atoms with Crippen molar-refractivity contribution in [1.29, 1.82) is 0 Å². The van der Waals surface area contributed by atoms with Gasteiger partial charge in [-0.15, -0.1) is 0 Å². The molecule has 40 heavy (non-hydrogen) atoms. The van der Waals surface area contributed by atoms with Gasteiger partial charge in [0, 0.05) is 17.1 Å². The maximum Gasteiger partial charge on any atom is 0.264 e. The van der Waals surface area contributed by atoms with E-state index in [-0.39, 0.29) is 23.0 Å². The lowest BCUT2D eigenvalue weighted by Crippen LogP contribution is -2.54. The minimum atomic E-state index is -4.14. The van der Waals surface area contributed by atoms with Crippen molar-refractivity contribution in [1.82, 2.24) is 10.2 Å². The summed E-state index contributed by atoms with van der Waals surface area (Å²) in [6.45, 7) is 9.00. The van der Waals surface area contributed by atoms with E-state index in [2.05, 4.69) is 5.32 Å². The van der Waals surface area contributed by atoms with Crippen LogP contribution in [-0.2, 0) is 26.2 Å². The van der Waals surface area contributed by atoms with Crippen LogP contribution in [0.15, 0.2) is 83.8 Å². The second-order valence-electron chi connectivity index (χ2n) is 10.3. The van der Waals surface area contributed by atoms with Crippen LogP contribution in [0.3, 0.4) is 0 Å². The SMILES string of the molecule is CCOc1ccc(N(CC(=O)N(Cc2cccc(Cl)c2)[C@H](C)C(=O)NC(C)(C)C)S(=O)(=O)c2ccccc2)cc1. The molecule has 1 N–H and O–H groups in total. The van der Waals surface area contributed by atoms with E-state index in [0.29, 0.717) is 22.9 Å². The van der Waals surface area contributed by atoms with Crippen LogP contribution in [0.4, 0.5) is 5.69 Å². The Labute approximate surface area is 241 Å². The number of ether oxygens (including phenoxy) is 1. The van der Waals surface area contributed by atoms with Crippen molar-refractivity contribution >= 4 is 39.1 Å². The fourth-order valence-corrected chi connectivity index (χ4v) is 5.66. The molecule has 0 aliphatic heterocycles. The van der Waals surface area contributed by atoms with Crippen LogP contribution in [-0.4, -0.2) is 49.9 Å². The molecular formula is C30H36ClN3O5S. The van der Waals surface area contributed by atoms with Crippen molar-refractivity contribution in [3.05, 3.63) is 89.4 Å². The van der Waals surface area contributed by atoms with Gasteiger partial charge in [-0.25, -0.2) is 8.42 Å². The molecule has 3 aromatic carbocycles. The molecule has 0 aliphatic rings. The van der Waals surface area contributed by atoms with Gasteiger partial charge in [0.25, 0.3) is 10.0 Å². The van der Waals surface area contributed by atoms with Crippen molar-refractivity contribution < 1.29 is 22.7 Å². The highest BCUT2D eigenvalue weighted by Gasteiger charge is 2.33. The van der Waals surface area contributed by atoms with E-state index in [0.717, 1.165) is 4.31 Å². The number of nitrogens with zero attached hydrogens (tertiary/aromatic N) is 2. The zero-order valence-corrected chi connectivity index (χ0v) is 25.0. The van der Waals surface area contributed by atoms with E-state index in [1.807, 2.05) is 27.7 Å². The highest BCUT2D eigenvalue weighted by Crippen LogP contribution is 2.27. The number of hydrogen-bond acceptors (Lipinski definition) is 5. The average Bonchev–Trinajstić information content (AvgIpc) is 2.90. The molecule has 3 aromatic rings. The molecular weight excluding hydrogens is 550 g/mol. The highest BCUT2D eigenvalue weighted by molar-refractivity contribution is 7.92. The summed E-state index contributed by atoms with van der Waals surface area (Å²) in [5.41, 5.74) is 0.464. The molecule has 0 saturated carbocycles.